The Morgan fingerprint density at radius 3 is 0.882 bits per heavy atom. The van der Waals surface area contributed by atoms with Crippen LogP contribution in [0.1, 0.15) is 27.7 Å². The summed E-state index contributed by atoms with van der Waals surface area (Å²) in [5.41, 5.74) is 4.47. The van der Waals surface area contributed by atoms with E-state index in [4.69, 9.17) is 0 Å². The molecule has 4 rings (SSSR count). The molecule has 4 aromatic rings. The van der Waals surface area contributed by atoms with Gasteiger partial charge in [0.2, 0.25) is 0 Å². The highest BCUT2D eigenvalue weighted by atomic mass is 15.4. The van der Waals surface area contributed by atoms with Gasteiger partial charge in [-0.15, -0.1) is 0 Å². The topological polar surface area (TPSA) is 9.49 Å². The van der Waals surface area contributed by atoms with Crippen LogP contribution in [0.4, 0.5) is 22.7 Å². The Morgan fingerprint density at radius 1 is 0.441 bits per heavy atom. The molecule has 0 aromatic heterocycles. The van der Waals surface area contributed by atoms with E-state index in [0.717, 1.165) is 28.7 Å². The van der Waals surface area contributed by atoms with Crippen LogP contribution in [0.3, 0.4) is 0 Å². The van der Waals surface area contributed by atoms with E-state index in [0.29, 0.717) is 0 Å². The smallest absolute Gasteiger partial charge is 0.259 e. The van der Waals surface area contributed by atoms with Crippen LogP contribution in [0.15, 0.2) is 121 Å². The van der Waals surface area contributed by atoms with Crippen LogP contribution in [0, 0.1) is 0 Å². The molecular weight excluding hydrogens is 414 g/mol. The van der Waals surface area contributed by atoms with E-state index in [9.17, 15) is 0 Å². The first-order valence-corrected chi connectivity index (χ1v) is 12.0. The summed E-state index contributed by atoms with van der Waals surface area (Å²) in [7, 11) is 0. The van der Waals surface area contributed by atoms with Crippen molar-refractivity contribution in [2.75, 3.05) is 9.80 Å². The number of nitrogens with zero attached hydrogens (tertiary/aromatic N) is 3. The van der Waals surface area contributed by atoms with E-state index in [1.165, 1.54) is 0 Å². The second-order valence-electron chi connectivity index (χ2n) is 8.91. The lowest BCUT2D eigenvalue weighted by molar-refractivity contribution is -0.588. The molecule has 0 aliphatic carbocycles. The van der Waals surface area contributed by atoms with E-state index in [1.807, 2.05) is 0 Å². The Balaban J connectivity index is 2.10. The molecule has 4 aromatic carbocycles. The van der Waals surface area contributed by atoms with Crippen LogP contribution >= 0.6 is 0 Å². The maximum Gasteiger partial charge on any atom is 0.371 e. The summed E-state index contributed by atoms with van der Waals surface area (Å²) in [6, 6.07) is 43.1. The minimum absolute atomic E-state index is 0.278. The van der Waals surface area contributed by atoms with E-state index < -0.39 is 0 Å². The molecule has 3 heteroatoms. The number of hydrogen-bond acceptors (Lipinski definition) is 0. The minimum Gasteiger partial charge on any atom is -0.259 e. The lowest BCUT2D eigenvalue weighted by Crippen LogP contribution is -2.50. The Bertz CT molecular complexity index is 1010. The molecule has 34 heavy (non-hydrogen) atoms. The first-order chi connectivity index (χ1) is 16.6. The summed E-state index contributed by atoms with van der Waals surface area (Å²) in [6.07, 6.45) is 0. The zero-order chi connectivity index (χ0) is 23.9. The minimum atomic E-state index is 0.278. The Labute approximate surface area is 204 Å². The fraction of sp³-hybridized carbons (Fsp3) is 0.194. The molecule has 0 atom stereocenters. The van der Waals surface area contributed by atoms with Crippen LogP contribution in [0.2, 0.25) is 0 Å². The van der Waals surface area contributed by atoms with Crippen LogP contribution in [0.5, 0.6) is 0 Å². The van der Waals surface area contributed by atoms with Gasteiger partial charge in [0, 0.05) is 0 Å². The van der Waals surface area contributed by atoms with Gasteiger partial charge < -0.3 is 0 Å². The Hall–Kier alpha value is -3.85. The molecule has 0 heterocycles. The molecule has 0 fully saturated rings. The molecule has 0 radical (unpaired) electrons. The quantitative estimate of drug-likeness (QED) is 0.169. The van der Waals surface area contributed by atoms with Crippen molar-refractivity contribution >= 4 is 28.7 Å². The van der Waals surface area contributed by atoms with Crippen LogP contribution in [-0.4, -0.2) is 22.6 Å². The zero-order valence-corrected chi connectivity index (χ0v) is 20.5. The van der Waals surface area contributed by atoms with Gasteiger partial charge in [0.05, 0.1) is 12.1 Å². The summed E-state index contributed by atoms with van der Waals surface area (Å²) in [4.78, 5) is 4.75. The van der Waals surface area contributed by atoms with Crippen molar-refractivity contribution in [3.8, 4) is 0 Å². The predicted molar refractivity (Wildman–Crippen MR) is 146 cm³/mol. The number of hydrogen-bond donors (Lipinski definition) is 0. The van der Waals surface area contributed by atoms with Gasteiger partial charge in [-0.2, -0.15) is 9.80 Å². The summed E-state index contributed by atoms with van der Waals surface area (Å²) in [5.74, 6) is 1.10. The Kier molecular flexibility index (Phi) is 7.44. The van der Waals surface area contributed by atoms with Gasteiger partial charge in [-0.3, -0.25) is 4.58 Å². The number of guanidine groups is 1. The molecule has 0 bridgehead atoms. The van der Waals surface area contributed by atoms with Gasteiger partial charge in [-0.25, -0.2) is 0 Å². The normalized spacial score (nSPS) is 10.9. The highest BCUT2D eigenvalue weighted by molar-refractivity contribution is 6.13. The van der Waals surface area contributed by atoms with Crippen molar-refractivity contribution in [2.45, 2.75) is 39.8 Å². The second kappa shape index (κ2) is 10.8. The van der Waals surface area contributed by atoms with Crippen molar-refractivity contribution < 1.29 is 4.58 Å². The van der Waals surface area contributed by atoms with Gasteiger partial charge >= 0.3 is 5.96 Å². The zero-order valence-electron chi connectivity index (χ0n) is 20.5. The third-order valence-corrected chi connectivity index (χ3v) is 5.80. The maximum absolute atomic E-state index is 2.50. The van der Waals surface area contributed by atoms with Crippen molar-refractivity contribution in [2.24, 2.45) is 0 Å². The van der Waals surface area contributed by atoms with E-state index in [2.05, 4.69) is 163 Å². The van der Waals surface area contributed by atoms with Crippen molar-refractivity contribution in [3.63, 3.8) is 0 Å². The molecule has 172 valence electrons. The Morgan fingerprint density at radius 2 is 0.676 bits per heavy atom. The largest absolute Gasteiger partial charge is 0.371 e. The third kappa shape index (κ3) is 5.04. The van der Waals surface area contributed by atoms with Gasteiger partial charge in [0.25, 0.3) is 0 Å². The SMILES string of the molecule is CC(C)[N+](=C(N(c1ccccc1)c1ccccc1)N(c1ccccc1)c1ccccc1)C(C)C. The van der Waals surface area contributed by atoms with E-state index in [1.54, 1.807) is 0 Å². The molecule has 0 saturated heterocycles. The van der Waals surface area contributed by atoms with Crippen molar-refractivity contribution in [1.82, 2.24) is 0 Å². The van der Waals surface area contributed by atoms with Gasteiger partial charge in [-0.05, 0) is 76.2 Å². The summed E-state index contributed by atoms with van der Waals surface area (Å²) >= 11 is 0. The summed E-state index contributed by atoms with van der Waals surface area (Å²) in [6.45, 7) is 9.06. The van der Waals surface area contributed by atoms with Crippen LogP contribution in [-0.2, 0) is 0 Å². The molecule has 3 nitrogen and oxygen atoms in total. The maximum atomic E-state index is 2.50. The number of benzene rings is 4. The highest BCUT2D eigenvalue weighted by Gasteiger charge is 2.36. The molecule has 0 aliphatic heterocycles. The molecule has 0 saturated carbocycles. The lowest BCUT2D eigenvalue weighted by atomic mass is 10.2. The van der Waals surface area contributed by atoms with Crippen LogP contribution < -0.4 is 9.80 Å². The van der Waals surface area contributed by atoms with Gasteiger partial charge in [-0.1, -0.05) is 72.8 Å². The summed E-state index contributed by atoms with van der Waals surface area (Å²) in [5, 5.41) is 0. The molecule has 0 N–H and O–H groups in total. The second-order valence-corrected chi connectivity index (χ2v) is 8.91. The highest BCUT2D eigenvalue weighted by Crippen LogP contribution is 2.33. The molecule has 0 unspecified atom stereocenters. The molecular formula is C31H34N3+. The van der Waals surface area contributed by atoms with Crippen LogP contribution in [0.25, 0.3) is 0 Å². The van der Waals surface area contributed by atoms with E-state index in [-0.39, 0.29) is 12.1 Å². The molecule has 0 amide bonds. The number of rotatable bonds is 6. The molecule has 0 aliphatic rings. The average Bonchev–Trinajstić information content (AvgIpc) is 2.86. The average molecular weight is 449 g/mol. The number of anilines is 4. The fourth-order valence-corrected chi connectivity index (χ4v) is 4.46. The van der Waals surface area contributed by atoms with Crippen molar-refractivity contribution in [3.05, 3.63) is 121 Å². The monoisotopic (exact) mass is 448 g/mol. The fourth-order valence-electron chi connectivity index (χ4n) is 4.46. The predicted octanol–water partition coefficient (Wildman–Crippen LogP) is 7.85. The van der Waals surface area contributed by atoms with E-state index >= 15 is 0 Å². The third-order valence-electron chi connectivity index (χ3n) is 5.80. The first kappa shape index (κ1) is 23.3. The van der Waals surface area contributed by atoms with Crippen molar-refractivity contribution in [1.29, 1.82) is 0 Å². The molecule has 0 spiro atoms. The first-order valence-electron chi connectivity index (χ1n) is 12.0. The summed E-state index contributed by atoms with van der Waals surface area (Å²) < 4.78 is 2.50. The standard InChI is InChI=1S/C31H34N3/c1-25(2)32(26(3)4)31(33(27-17-9-5-10-18-27)28-19-11-6-12-20-28)34(29-21-13-7-14-22-29)30-23-15-8-16-24-30/h5-26H,1-4H3/q+1. The van der Waals surface area contributed by atoms with Gasteiger partial charge in [0.1, 0.15) is 22.7 Å². The van der Waals surface area contributed by atoms with Gasteiger partial charge in [0.15, 0.2) is 0 Å². The lowest BCUT2D eigenvalue weighted by Gasteiger charge is -2.33. The number of para-hydroxylation sites is 4.